The zero-order valence-electron chi connectivity index (χ0n) is 7.86. The molecule has 2 heteroatoms. The molecule has 2 rings (SSSR count). The molecule has 0 aromatic heterocycles. The Morgan fingerprint density at radius 3 is 2.25 bits per heavy atom. The predicted octanol–water partition coefficient (Wildman–Crippen LogP) is 2.62. The number of hydrogen-bond acceptors (Lipinski definition) is 1. The number of carbonyl (C=O) groups excluding carboxylic acids is 1. The molecule has 2 aliphatic carbocycles. The minimum Gasteiger partial charge on any atom is -0.297 e. The van der Waals surface area contributed by atoms with Gasteiger partial charge in [0.25, 0.3) is 0 Å². The van der Waals surface area contributed by atoms with Crippen molar-refractivity contribution in [3.63, 3.8) is 0 Å². The number of carbonyl (C=O) groups is 1. The quantitative estimate of drug-likeness (QED) is 0.532. The zero-order valence-corrected chi connectivity index (χ0v) is 8.61. The third-order valence-corrected chi connectivity index (χ3v) is 4.95. The van der Waals surface area contributed by atoms with Crippen LogP contribution in [0.4, 0.5) is 0 Å². The number of fused-ring (bicyclic) bond motifs is 2. The predicted molar refractivity (Wildman–Crippen MR) is 49.3 cm³/mol. The summed E-state index contributed by atoms with van der Waals surface area (Å²) in [7, 11) is 0. The van der Waals surface area contributed by atoms with Crippen molar-refractivity contribution in [3.05, 3.63) is 0 Å². The molecule has 0 spiro atoms. The monoisotopic (exact) mass is 186 g/mol. The van der Waals surface area contributed by atoms with Crippen molar-refractivity contribution in [2.45, 2.75) is 39.0 Å². The smallest absolute Gasteiger partial charge is 0.157 e. The highest BCUT2D eigenvalue weighted by atomic mass is 35.5. The highest BCUT2D eigenvalue weighted by molar-refractivity contribution is 6.33. The molecular formula is C10H15ClO. The van der Waals surface area contributed by atoms with Gasteiger partial charge in [0.2, 0.25) is 0 Å². The largest absolute Gasteiger partial charge is 0.297 e. The van der Waals surface area contributed by atoms with Gasteiger partial charge in [-0.15, -0.1) is 11.6 Å². The van der Waals surface area contributed by atoms with Crippen LogP contribution in [0.3, 0.4) is 0 Å². The van der Waals surface area contributed by atoms with Gasteiger partial charge in [-0.2, -0.15) is 0 Å². The van der Waals surface area contributed by atoms with Crippen molar-refractivity contribution < 1.29 is 4.79 Å². The zero-order chi connectivity index (χ0) is 9.15. The Morgan fingerprint density at radius 1 is 1.42 bits per heavy atom. The normalized spacial score (nSPS) is 50.2. The summed E-state index contributed by atoms with van der Waals surface area (Å²) < 4.78 is 0. The van der Waals surface area contributed by atoms with Gasteiger partial charge in [0.1, 0.15) is 0 Å². The fourth-order valence-electron chi connectivity index (χ4n) is 2.98. The molecule has 0 heterocycles. The highest BCUT2D eigenvalue weighted by Crippen LogP contribution is 2.64. The van der Waals surface area contributed by atoms with Crippen LogP contribution in [0.25, 0.3) is 0 Å². The van der Waals surface area contributed by atoms with Gasteiger partial charge in [0, 0.05) is 5.41 Å². The summed E-state index contributed by atoms with van der Waals surface area (Å²) in [5, 5.41) is -0.209. The molecule has 2 saturated carbocycles. The lowest BCUT2D eigenvalue weighted by Gasteiger charge is -2.32. The molecule has 0 aromatic carbocycles. The topological polar surface area (TPSA) is 17.1 Å². The van der Waals surface area contributed by atoms with E-state index in [4.69, 9.17) is 11.6 Å². The summed E-state index contributed by atoms with van der Waals surface area (Å²) in [4.78, 5) is 11.8. The molecule has 0 aliphatic heterocycles. The van der Waals surface area contributed by atoms with Crippen LogP contribution in [-0.2, 0) is 4.79 Å². The molecule has 0 unspecified atom stereocenters. The molecule has 1 nitrogen and oxygen atoms in total. The van der Waals surface area contributed by atoms with E-state index < -0.39 is 0 Å². The van der Waals surface area contributed by atoms with Gasteiger partial charge >= 0.3 is 0 Å². The molecule has 0 amide bonds. The van der Waals surface area contributed by atoms with E-state index in [1.807, 2.05) is 0 Å². The molecule has 2 bridgehead atoms. The maximum atomic E-state index is 11.8. The van der Waals surface area contributed by atoms with Crippen molar-refractivity contribution in [1.82, 2.24) is 0 Å². The van der Waals surface area contributed by atoms with E-state index in [0.717, 1.165) is 12.8 Å². The third-order valence-electron chi connectivity index (χ3n) is 4.45. The van der Waals surface area contributed by atoms with Crippen molar-refractivity contribution >= 4 is 17.4 Å². The SMILES string of the molecule is CC1(C)[C@@H]2CC[C@@]1(C)C(=O)[C@@H]2Cl. The molecule has 0 N–H and O–H groups in total. The Labute approximate surface area is 78.5 Å². The minimum absolute atomic E-state index is 0.122. The van der Waals surface area contributed by atoms with Gasteiger partial charge in [-0.05, 0) is 24.2 Å². The fraction of sp³-hybridized carbons (Fsp3) is 0.900. The maximum Gasteiger partial charge on any atom is 0.157 e. The van der Waals surface area contributed by atoms with Crippen molar-refractivity contribution in [3.8, 4) is 0 Å². The van der Waals surface area contributed by atoms with Crippen LogP contribution in [-0.4, -0.2) is 11.2 Å². The average Bonchev–Trinajstić information content (AvgIpc) is 2.26. The van der Waals surface area contributed by atoms with Crippen LogP contribution in [0.1, 0.15) is 33.6 Å². The average molecular weight is 187 g/mol. The van der Waals surface area contributed by atoms with Crippen LogP contribution in [0.15, 0.2) is 0 Å². The van der Waals surface area contributed by atoms with E-state index in [-0.39, 0.29) is 22.0 Å². The van der Waals surface area contributed by atoms with Crippen molar-refractivity contribution in [2.24, 2.45) is 16.7 Å². The van der Waals surface area contributed by atoms with E-state index in [1.54, 1.807) is 0 Å². The summed E-state index contributed by atoms with van der Waals surface area (Å²) in [6, 6.07) is 0. The molecular weight excluding hydrogens is 172 g/mol. The molecule has 3 atom stereocenters. The Morgan fingerprint density at radius 2 is 2.00 bits per heavy atom. The van der Waals surface area contributed by atoms with Crippen LogP contribution in [0.5, 0.6) is 0 Å². The second-order valence-electron chi connectivity index (χ2n) is 4.96. The van der Waals surface area contributed by atoms with Crippen LogP contribution < -0.4 is 0 Å². The number of Topliss-reactive ketones (excluding diaryl/α,β-unsaturated/α-hetero) is 1. The first-order chi connectivity index (χ1) is 5.41. The molecule has 2 aliphatic rings. The molecule has 12 heavy (non-hydrogen) atoms. The van der Waals surface area contributed by atoms with Crippen LogP contribution in [0, 0.1) is 16.7 Å². The summed E-state index contributed by atoms with van der Waals surface area (Å²) in [5.41, 5.74) is -0.0133. The summed E-state index contributed by atoms with van der Waals surface area (Å²) in [6.45, 7) is 6.45. The Bertz CT molecular complexity index is 246. The lowest BCUT2D eigenvalue weighted by Crippen LogP contribution is -2.33. The lowest BCUT2D eigenvalue weighted by molar-refractivity contribution is -0.127. The number of ketones is 1. The number of rotatable bonds is 0. The fourth-order valence-corrected chi connectivity index (χ4v) is 3.66. The molecule has 2 fully saturated rings. The Balaban J connectivity index is 2.50. The summed E-state index contributed by atoms with van der Waals surface area (Å²) in [6.07, 6.45) is 2.16. The van der Waals surface area contributed by atoms with E-state index in [2.05, 4.69) is 20.8 Å². The number of alkyl halides is 1. The van der Waals surface area contributed by atoms with Gasteiger partial charge in [0.15, 0.2) is 5.78 Å². The van der Waals surface area contributed by atoms with Crippen LogP contribution in [0.2, 0.25) is 0 Å². The van der Waals surface area contributed by atoms with Gasteiger partial charge < -0.3 is 0 Å². The van der Waals surface area contributed by atoms with Gasteiger partial charge in [0.05, 0.1) is 5.38 Å². The second kappa shape index (κ2) is 2.06. The van der Waals surface area contributed by atoms with Gasteiger partial charge in [-0.1, -0.05) is 20.8 Å². The van der Waals surface area contributed by atoms with Crippen molar-refractivity contribution in [1.29, 1.82) is 0 Å². The molecule has 68 valence electrons. The van der Waals surface area contributed by atoms with Crippen LogP contribution >= 0.6 is 11.6 Å². The van der Waals surface area contributed by atoms with Gasteiger partial charge in [-0.25, -0.2) is 0 Å². The lowest BCUT2D eigenvalue weighted by atomic mass is 9.70. The van der Waals surface area contributed by atoms with E-state index in [1.165, 1.54) is 0 Å². The summed E-state index contributed by atoms with van der Waals surface area (Å²) >= 11 is 6.08. The highest BCUT2D eigenvalue weighted by Gasteiger charge is 2.65. The first kappa shape index (κ1) is 8.55. The summed E-state index contributed by atoms with van der Waals surface area (Å²) in [5.74, 6) is 0.696. The minimum atomic E-state index is -0.209. The number of halogens is 1. The maximum absolute atomic E-state index is 11.8. The third kappa shape index (κ3) is 0.654. The molecule has 0 radical (unpaired) electrons. The number of hydrogen-bond donors (Lipinski definition) is 0. The van der Waals surface area contributed by atoms with E-state index in [9.17, 15) is 4.79 Å². The Kier molecular flexibility index (Phi) is 1.47. The van der Waals surface area contributed by atoms with Gasteiger partial charge in [-0.3, -0.25) is 4.79 Å². The van der Waals surface area contributed by atoms with Crippen molar-refractivity contribution in [2.75, 3.05) is 0 Å². The Hall–Kier alpha value is -0.0400. The molecule has 0 saturated heterocycles. The van der Waals surface area contributed by atoms with E-state index >= 15 is 0 Å². The standard InChI is InChI=1S/C10H15ClO/c1-9(2)6-4-5-10(9,3)8(12)7(6)11/h6-7H,4-5H2,1-3H3/t6-,7-,10+/m1/s1. The first-order valence-electron chi connectivity index (χ1n) is 4.59. The first-order valence-corrected chi connectivity index (χ1v) is 5.03. The van der Waals surface area contributed by atoms with E-state index in [0.29, 0.717) is 5.92 Å². The molecule has 0 aromatic rings. The second-order valence-corrected chi connectivity index (χ2v) is 5.44.